The molecule has 142 valence electrons. The molecule has 0 saturated carbocycles. The molecule has 4 heteroatoms. The second-order valence-corrected chi connectivity index (χ2v) is 7.81. The van der Waals surface area contributed by atoms with Crippen molar-refractivity contribution in [1.29, 1.82) is 0 Å². The quantitative estimate of drug-likeness (QED) is 0.817. The van der Waals surface area contributed by atoms with Crippen LogP contribution in [0.15, 0.2) is 54.6 Å². The molecule has 2 atom stereocenters. The zero-order chi connectivity index (χ0) is 18.6. The van der Waals surface area contributed by atoms with E-state index in [2.05, 4.69) is 4.90 Å². The number of amides is 1. The van der Waals surface area contributed by atoms with E-state index in [1.807, 2.05) is 47.4 Å². The lowest BCUT2D eigenvalue weighted by Crippen LogP contribution is -2.42. The Kier molecular flexibility index (Phi) is 5.53. The van der Waals surface area contributed by atoms with Gasteiger partial charge in [-0.05, 0) is 61.6 Å². The highest BCUT2D eigenvalue weighted by Crippen LogP contribution is 2.31. The van der Waals surface area contributed by atoms with Gasteiger partial charge in [-0.2, -0.15) is 0 Å². The molecule has 2 fully saturated rings. The van der Waals surface area contributed by atoms with Gasteiger partial charge in [0.05, 0.1) is 0 Å². The van der Waals surface area contributed by atoms with Crippen molar-refractivity contribution in [1.82, 2.24) is 9.80 Å². The van der Waals surface area contributed by atoms with Crippen LogP contribution in [0, 0.1) is 11.7 Å². The molecule has 2 aromatic carbocycles. The number of carbonyl (C=O) groups excluding carboxylic acids is 1. The summed E-state index contributed by atoms with van der Waals surface area (Å²) in [6.07, 6.45) is 4.59. The summed E-state index contributed by atoms with van der Waals surface area (Å²) in [5.41, 5.74) is 1.96. The van der Waals surface area contributed by atoms with Gasteiger partial charge in [0.2, 0.25) is 0 Å². The van der Waals surface area contributed by atoms with Crippen LogP contribution in [0.1, 0.15) is 35.2 Å². The first-order valence-corrected chi connectivity index (χ1v) is 10.0. The second-order valence-electron chi connectivity index (χ2n) is 7.81. The minimum absolute atomic E-state index is 0.155. The number of likely N-dealkylation sites (tertiary alicyclic amines) is 2. The number of benzene rings is 2. The average Bonchev–Trinajstić information content (AvgIpc) is 3.04. The molecule has 0 spiro atoms. The van der Waals surface area contributed by atoms with Crippen molar-refractivity contribution in [2.24, 2.45) is 5.92 Å². The van der Waals surface area contributed by atoms with Crippen molar-refractivity contribution < 1.29 is 9.18 Å². The van der Waals surface area contributed by atoms with E-state index in [0.29, 0.717) is 12.0 Å². The smallest absolute Gasteiger partial charge is 0.253 e. The fourth-order valence-electron chi connectivity index (χ4n) is 4.57. The standard InChI is InChI=1S/C23H27FN2O/c24-21-11-9-18(10-12-21)13-15-25-14-5-4-8-20-16-26(17-22(20)25)23(27)19-6-2-1-3-7-19/h1-3,6-7,9-12,20,22H,4-5,8,13-17H2/t20-,22+/m0/s1. The van der Waals surface area contributed by atoms with Crippen molar-refractivity contribution >= 4 is 5.91 Å². The second kappa shape index (κ2) is 8.22. The molecule has 0 aliphatic carbocycles. The minimum atomic E-state index is -0.181. The van der Waals surface area contributed by atoms with Crippen molar-refractivity contribution in [3.8, 4) is 0 Å². The summed E-state index contributed by atoms with van der Waals surface area (Å²) in [5.74, 6) is 0.537. The third-order valence-corrected chi connectivity index (χ3v) is 6.05. The number of halogens is 1. The Hall–Kier alpha value is -2.20. The number of nitrogens with zero attached hydrogens (tertiary/aromatic N) is 2. The lowest BCUT2D eigenvalue weighted by atomic mass is 9.98. The highest BCUT2D eigenvalue weighted by Gasteiger charge is 2.39. The van der Waals surface area contributed by atoms with Gasteiger partial charge in [0.15, 0.2) is 0 Å². The maximum atomic E-state index is 13.1. The predicted molar refractivity (Wildman–Crippen MR) is 105 cm³/mol. The van der Waals surface area contributed by atoms with E-state index in [0.717, 1.165) is 38.2 Å². The molecular formula is C23H27FN2O. The van der Waals surface area contributed by atoms with Crippen LogP contribution in [0.4, 0.5) is 4.39 Å². The van der Waals surface area contributed by atoms with Gasteiger partial charge in [0.1, 0.15) is 5.82 Å². The molecule has 27 heavy (non-hydrogen) atoms. The molecule has 2 aromatic rings. The highest BCUT2D eigenvalue weighted by atomic mass is 19.1. The van der Waals surface area contributed by atoms with Crippen molar-refractivity contribution in [3.63, 3.8) is 0 Å². The largest absolute Gasteiger partial charge is 0.337 e. The summed E-state index contributed by atoms with van der Waals surface area (Å²) >= 11 is 0. The summed E-state index contributed by atoms with van der Waals surface area (Å²) in [6, 6.07) is 16.9. The number of rotatable bonds is 4. The number of hydrogen-bond donors (Lipinski definition) is 0. The number of hydrogen-bond acceptors (Lipinski definition) is 2. The minimum Gasteiger partial charge on any atom is -0.337 e. The Morgan fingerprint density at radius 3 is 2.56 bits per heavy atom. The summed E-state index contributed by atoms with van der Waals surface area (Å²) in [4.78, 5) is 17.5. The molecule has 0 radical (unpaired) electrons. The third-order valence-electron chi connectivity index (χ3n) is 6.05. The highest BCUT2D eigenvalue weighted by molar-refractivity contribution is 5.94. The summed E-state index contributed by atoms with van der Waals surface area (Å²) in [5, 5.41) is 0. The van der Waals surface area contributed by atoms with Crippen LogP contribution in [0.2, 0.25) is 0 Å². The van der Waals surface area contributed by atoms with Crippen LogP contribution in [0.25, 0.3) is 0 Å². The summed E-state index contributed by atoms with van der Waals surface area (Å²) < 4.78 is 13.1. The maximum absolute atomic E-state index is 13.1. The summed E-state index contributed by atoms with van der Waals surface area (Å²) in [7, 11) is 0. The van der Waals surface area contributed by atoms with Gasteiger partial charge in [-0.1, -0.05) is 36.8 Å². The van der Waals surface area contributed by atoms with Gasteiger partial charge in [-0.3, -0.25) is 9.69 Å². The average molecular weight is 366 g/mol. The van der Waals surface area contributed by atoms with Crippen LogP contribution in [0.5, 0.6) is 0 Å². The van der Waals surface area contributed by atoms with Crippen LogP contribution in [-0.2, 0) is 6.42 Å². The van der Waals surface area contributed by atoms with Crippen LogP contribution >= 0.6 is 0 Å². The van der Waals surface area contributed by atoms with E-state index in [-0.39, 0.29) is 11.7 Å². The van der Waals surface area contributed by atoms with Gasteiger partial charge in [-0.25, -0.2) is 4.39 Å². The van der Waals surface area contributed by atoms with Gasteiger partial charge in [0.25, 0.3) is 5.91 Å². The topological polar surface area (TPSA) is 23.6 Å². The molecular weight excluding hydrogens is 339 g/mol. The Labute approximate surface area is 160 Å². The Morgan fingerprint density at radius 1 is 1.00 bits per heavy atom. The Balaban J connectivity index is 1.42. The maximum Gasteiger partial charge on any atom is 0.253 e. The number of fused-ring (bicyclic) bond motifs is 1. The van der Waals surface area contributed by atoms with E-state index in [1.165, 1.54) is 37.0 Å². The van der Waals surface area contributed by atoms with E-state index in [9.17, 15) is 9.18 Å². The predicted octanol–water partition coefficient (Wildman–Crippen LogP) is 3.99. The molecule has 0 bridgehead atoms. The fraction of sp³-hybridized carbons (Fsp3) is 0.435. The first-order valence-electron chi connectivity index (χ1n) is 10.0. The van der Waals surface area contributed by atoms with Gasteiger partial charge in [0, 0.05) is 31.2 Å². The lowest BCUT2D eigenvalue weighted by Gasteiger charge is -2.30. The SMILES string of the molecule is O=C(c1ccccc1)N1C[C@@H]2CCCCN(CCc3ccc(F)cc3)[C@@H]2C1. The van der Waals surface area contributed by atoms with E-state index in [1.54, 1.807) is 0 Å². The van der Waals surface area contributed by atoms with Crippen LogP contribution in [-0.4, -0.2) is 47.9 Å². The monoisotopic (exact) mass is 366 g/mol. The van der Waals surface area contributed by atoms with E-state index < -0.39 is 0 Å². The van der Waals surface area contributed by atoms with E-state index in [4.69, 9.17) is 0 Å². The van der Waals surface area contributed by atoms with Gasteiger partial charge >= 0.3 is 0 Å². The van der Waals surface area contributed by atoms with Crippen molar-refractivity contribution in [3.05, 3.63) is 71.5 Å². The molecule has 0 unspecified atom stereocenters. The van der Waals surface area contributed by atoms with E-state index >= 15 is 0 Å². The molecule has 2 heterocycles. The molecule has 0 aromatic heterocycles. The number of carbonyl (C=O) groups is 1. The third kappa shape index (κ3) is 4.22. The van der Waals surface area contributed by atoms with Crippen molar-refractivity contribution in [2.45, 2.75) is 31.7 Å². The zero-order valence-electron chi connectivity index (χ0n) is 15.7. The normalized spacial score (nSPS) is 23.1. The zero-order valence-corrected chi connectivity index (χ0v) is 15.7. The van der Waals surface area contributed by atoms with Gasteiger partial charge in [-0.15, -0.1) is 0 Å². The summed E-state index contributed by atoms with van der Waals surface area (Å²) in [6.45, 7) is 3.75. The molecule has 1 amide bonds. The molecule has 0 N–H and O–H groups in total. The molecule has 2 saturated heterocycles. The Bertz CT molecular complexity index is 762. The Morgan fingerprint density at radius 2 is 1.78 bits per heavy atom. The first-order chi connectivity index (χ1) is 13.2. The lowest BCUT2D eigenvalue weighted by molar-refractivity contribution is 0.0774. The molecule has 2 aliphatic rings. The van der Waals surface area contributed by atoms with Crippen LogP contribution in [0.3, 0.4) is 0 Å². The van der Waals surface area contributed by atoms with Crippen molar-refractivity contribution in [2.75, 3.05) is 26.2 Å². The first kappa shape index (κ1) is 18.2. The molecule has 4 rings (SSSR count). The van der Waals surface area contributed by atoms with Crippen LogP contribution < -0.4 is 0 Å². The van der Waals surface area contributed by atoms with Gasteiger partial charge < -0.3 is 4.90 Å². The fourth-order valence-corrected chi connectivity index (χ4v) is 4.57. The molecule has 3 nitrogen and oxygen atoms in total. The molecule has 2 aliphatic heterocycles.